The van der Waals surface area contributed by atoms with E-state index in [0.717, 1.165) is 23.3 Å². The fourth-order valence-corrected chi connectivity index (χ4v) is 4.14. The first-order valence-electron chi connectivity index (χ1n) is 8.09. The average molecular weight is 371 g/mol. The molecule has 0 bridgehead atoms. The summed E-state index contributed by atoms with van der Waals surface area (Å²) in [4.78, 5) is 13.6. The van der Waals surface area contributed by atoms with Gasteiger partial charge in [-0.05, 0) is 40.3 Å². The maximum Gasteiger partial charge on any atom is 0.231 e. The molecule has 8 heteroatoms. The van der Waals surface area contributed by atoms with Gasteiger partial charge in [0, 0.05) is 4.88 Å². The van der Waals surface area contributed by atoms with Crippen LogP contribution in [0.2, 0.25) is 0 Å². The number of carbonyl (C=O) groups excluding carboxylic acids is 1. The van der Waals surface area contributed by atoms with Crippen LogP contribution in [-0.4, -0.2) is 31.9 Å². The van der Waals surface area contributed by atoms with Crippen molar-refractivity contribution in [2.75, 3.05) is 5.75 Å². The molecule has 1 N–H and O–H groups in total. The fraction of sp³-hybridized carbons (Fsp3) is 0.294. The summed E-state index contributed by atoms with van der Waals surface area (Å²) in [7, 11) is 0. The summed E-state index contributed by atoms with van der Waals surface area (Å²) < 4.78 is 1.83. The second-order valence-electron chi connectivity index (χ2n) is 5.85. The molecule has 3 aromatic rings. The number of carbonyl (C=O) groups is 1. The molecule has 1 aliphatic carbocycles. The molecule has 1 aliphatic rings. The Hall–Kier alpha value is -2.19. The van der Waals surface area contributed by atoms with Crippen LogP contribution in [-0.2, 0) is 4.79 Å². The highest BCUT2D eigenvalue weighted by molar-refractivity contribution is 7.99. The van der Waals surface area contributed by atoms with Gasteiger partial charge in [0.15, 0.2) is 0 Å². The molecule has 1 aromatic carbocycles. The van der Waals surface area contributed by atoms with Crippen LogP contribution in [0.25, 0.3) is 0 Å². The minimum atomic E-state index is -0.131. The predicted octanol–water partition coefficient (Wildman–Crippen LogP) is 3.07. The normalized spacial score (nSPS) is 15.0. The summed E-state index contributed by atoms with van der Waals surface area (Å²) in [5, 5.41) is 17.6. The van der Waals surface area contributed by atoms with Gasteiger partial charge < -0.3 is 5.32 Å². The van der Waals surface area contributed by atoms with E-state index in [4.69, 9.17) is 0 Å². The van der Waals surface area contributed by atoms with Crippen molar-refractivity contribution in [2.24, 2.45) is 0 Å². The van der Waals surface area contributed by atoms with E-state index < -0.39 is 0 Å². The third-order valence-electron chi connectivity index (χ3n) is 3.95. The zero-order chi connectivity index (χ0) is 17.1. The number of tetrazole rings is 1. The Morgan fingerprint density at radius 1 is 1.28 bits per heavy atom. The van der Waals surface area contributed by atoms with E-state index in [0.29, 0.717) is 17.0 Å². The highest BCUT2D eigenvalue weighted by Gasteiger charge is 2.28. The Morgan fingerprint density at radius 3 is 2.84 bits per heavy atom. The fourth-order valence-electron chi connectivity index (χ4n) is 2.58. The number of aromatic nitrogens is 4. The lowest BCUT2D eigenvalue weighted by Crippen LogP contribution is -2.30. The van der Waals surface area contributed by atoms with E-state index in [1.807, 2.05) is 52.5 Å². The number of nitrogens with one attached hydrogen (secondary N) is 1. The van der Waals surface area contributed by atoms with E-state index >= 15 is 0 Å². The van der Waals surface area contributed by atoms with Gasteiger partial charge in [-0.25, -0.2) is 4.68 Å². The Balaban J connectivity index is 1.43. The van der Waals surface area contributed by atoms with Crippen molar-refractivity contribution in [3.63, 3.8) is 0 Å². The lowest BCUT2D eigenvalue weighted by atomic mass is 10.1. The molecule has 4 rings (SSSR count). The van der Waals surface area contributed by atoms with Crippen LogP contribution < -0.4 is 5.32 Å². The number of nitrogens with zero attached hydrogens (tertiary/aromatic N) is 4. The van der Waals surface area contributed by atoms with Crippen LogP contribution in [0.15, 0.2) is 53.0 Å². The van der Waals surface area contributed by atoms with Crippen molar-refractivity contribution in [1.29, 1.82) is 0 Å². The lowest BCUT2D eigenvalue weighted by molar-refractivity contribution is -0.119. The monoisotopic (exact) mass is 371 g/mol. The van der Waals surface area contributed by atoms with E-state index in [-0.39, 0.29) is 11.9 Å². The molecule has 1 saturated carbocycles. The summed E-state index contributed by atoms with van der Waals surface area (Å²) in [5.74, 6) is 0.263. The first-order chi connectivity index (χ1) is 12.3. The Kier molecular flexibility index (Phi) is 4.80. The molecule has 1 amide bonds. The smallest absolute Gasteiger partial charge is 0.231 e. The molecule has 2 aromatic heterocycles. The second-order valence-corrected chi connectivity index (χ2v) is 7.77. The van der Waals surface area contributed by atoms with Gasteiger partial charge in [-0.1, -0.05) is 48.2 Å². The lowest BCUT2D eigenvalue weighted by Gasteiger charge is -2.18. The van der Waals surface area contributed by atoms with Crippen LogP contribution in [0, 0.1) is 0 Å². The quantitative estimate of drug-likeness (QED) is 0.646. The van der Waals surface area contributed by atoms with E-state index in [9.17, 15) is 4.79 Å². The Morgan fingerprint density at radius 2 is 2.12 bits per heavy atom. The maximum atomic E-state index is 12.5. The third-order valence-corrected chi connectivity index (χ3v) is 5.82. The number of thiophene rings is 1. The van der Waals surface area contributed by atoms with Crippen LogP contribution in [0.4, 0.5) is 0 Å². The summed E-state index contributed by atoms with van der Waals surface area (Å²) in [6.45, 7) is 0. The molecule has 0 aliphatic heterocycles. The zero-order valence-electron chi connectivity index (χ0n) is 13.4. The number of hydrogen-bond donors (Lipinski definition) is 1. The van der Waals surface area contributed by atoms with Crippen molar-refractivity contribution in [3.8, 4) is 0 Å². The molecule has 2 heterocycles. The minimum Gasteiger partial charge on any atom is -0.344 e. The number of hydrogen-bond acceptors (Lipinski definition) is 6. The highest BCUT2D eigenvalue weighted by Crippen LogP contribution is 2.36. The van der Waals surface area contributed by atoms with Gasteiger partial charge in [0.2, 0.25) is 11.1 Å². The maximum absolute atomic E-state index is 12.5. The SMILES string of the molecule is O=C(CSc1nnnn1C1CC1)NC(c1ccccc1)c1cccs1. The van der Waals surface area contributed by atoms with Gasteiger partial charge in [-0.2, -0.15) is 0 Å². The Labute approximate surface area is 153 Å². The number of rotatable bonds is 7. The standard InChI is InChI=1S/C17H17N5OS2/c23-15(11-25-17-19-20-21-22(17)13-8-9-13)18-16(14-7-4-10-24-14)12-5-2-1-3-6-12/h1-7,10,13,16H,8-9,11H2,(H,18,23). The van der Waals surface area contributed by atoms with E-state index in [2.05, 4.69) is 20.8 Å². The first-order valence-corrected chi connectivity index (χ1v) is 9.96. The van der Waals surface area contributed by atoms with E-state index in [1.54, 1.807) is 11.3 Å². The molecular weight excluding hydrogens is 354 g/mol. The molecular formula is C17H17N5OS2. The average Bonchev–Trinajstić information content (AvgIpc) is 3.15. The van der Waals surface area contributed by atoms with Crippen molar-refractivity contribution in [1.82, 2.24) is 25.5 Å². The molecule has 0 saturated heterocycles. The first kappa shape index (κ1) is 16.3. The van der Waals surface area contributed by atoms with Gasteiger partial charge in [-0.15, -0.1) is 16.4 Å². The van der Waals surface area contributed by atoms with Crippen LogP contribution in [0.1, 0.15) is 35.4 Å². The van der Waals surface area contributed by atoms with Gasteiger partial charge in [0.25, 0.3) is 0 Å². The summed E-state index contributed by atoms with van der Waals surface area (Å²) in [5.41, 5.74) is 1.08. The third kappa shape index (κ3) is 3.91. The van der Waals surface area contributed by atoms with Gasteiger partial charge in [0.1, 0.15) is 0 Å². The minimum absolute atomic E-state index is 0.0300. The van der Waals surface area contributed by atoms with Crippen molar-refractivity contribution in [2.45, 2.75) is 30.1 Å². The molecule has 0 spiro atoms. The predicted molar refractivity (Wildman–Crippen MR) is 97.6 cm³/mol. The second kappa shape index (κ2) is 7.37. The number of amides is 1. The molecule has 6 nitrogen and oxygen atoms in total. The molecule has 128 valence electrons. The Bertz CT molecular complexity index is 830. The van der Waals surface area contributed by atoms with Crippen molar-refractivity contribution in [3.05, 3.63) is 58.3 Å². The number of thioether (sulfide) groups is 1. The molecule has 25 heavy (non-hydrogen) atoms. The summed E-state index contributed by atoms with van der Waals surface area (Å²) in [6.07, 6.45) is 2.22. The number of benzene rings is 1. The van der Waals surface area contributed by atoms with Crippen LogP contribution in [0.5, 0.6) is 0 Å². The molecule has 1 fully saturated rings. The van der Waals surface area contributed by atoms with Crippen LogP contribution >= 0.6 is 23.1 Å². The van der Waals surface area contributed by atoms with Gasteiger partial charge >= 0.3 is 0 Å². The van der Waals surface area contributed by atoms with Gasteiger partial charge in [0.05, 0.1) is 17.8 Å². The van der Waals surface area contributed by atoms with Gasteiger partial charge in [-0.3, -0.25) is 4.79 Å². The molecule has 0 radical (unpaired) electrons. The summed E-state index contributed by atoms with van der Waals surface area (Å²) >= 11 is 3.02. The largest absolute Gasteiger partial charge is 0.344 e. The van der Waals surface area contributed by atoms with Crippen LogP contribution in [0.3, 0.4) is 0 Å². The highest BCUT2D eigenvalue weighted by atomic mass is 32.2. The van der Waals surface area contributed by atoms with Crippen molar-refractivity contribution < 1.29 is 4.79 Å². The summed E-state index contributed by atoms with van der Waals surface area (Å²) in [6, 6.07) is 14.3. The molecule has 1 atom stereocenters. The molecule has 1 unspecified atom stereocenters. The topological polar surface area (TPSA) is 72.7 Å². The zero-order valence-corrected chi connectivity index (χ0v) is 15.0. The van der Waals surface area contributed by atoms with Crippen molar-refractivity contribution >= 4 is 29.0 Å². The van der Waals surface area contributed by atoms with E-state index in [1.165, 1.54) is 11.8 Å².